The minimum absolute atomic E-state index is 0.211. The number of aromatic nitrogens is 2. The van der Waals surface area contributed by atoms with Gasteiger partial charge < -0.3 is 5.32 Å². The first kappa shape index (κ1) is 20.2. The lowest BCUT2D eigenvalue weighted by Gasteiger charge is -2.55. The van der Waals surface area contributed by atoms with E-state index in [1.54, 1.807) is 35.6 Å². The van der Waals surface area contributed by atoms with Crippen LogP contribution < -0.4 is 5.32 Å². The molecule has 1 aromatic heterocycles. The van der Waals surface area contributed by atoms with Crippen LogP contribution in [0.4, 0.5) is 5.13 Å². The number of amidine groups is 1. The van der Waals surface area contributed by atoms with Gasteiger partial charge in [-0.2, -0.15) is 4.99 Å². The Kier molecular flexibility index (Phi) is 4.94. The summed E-state index contributed by atoms with van der Waals surface area (Å²) < 4.78 is 0. The van der Waals surface area contributed by atoms with Crippen molar-refractivity contribution in [1.29, 1.82) is 0 Å². The zero-order valence-corrected chi connectivity index (χ0v) is 19.8. The molecule has 0 unspecified atom stereocenters. The minimum Gasteiger partial charge on any atom is -0.300 e. The van der Waals surface area contributed by atoms with E-state index in [1.165, 1.54) is 50.3 Å². The van der Waals surface area contributed by atoms with Crippen molar-refractivity contribution in [2.75, 3.05) is 0 Å². The second-order valence-electron chi connectivity index (χ2n) is 9.20. The molecule has 5 fully saturated rings. The molecule has 4 saturated carbocycles. The fourth-order valence-corrected chi connectivity index (χ4v) is 8.50. The van der Waals surface area contributed by atoms with Crippen LogP contribution in [0, 0.1) is 17.8 Å². The third kappa shape index (κ3) is 3.63. The molecular weight excluding hydrogens is 471 g/mol. The molecule has 4 aliphatic carbocycles. The topological polar surface area (TPSA) is 67.2 Å². The molecule has 4 bridgehead atoms. The normalized spacial score (nSPS) is 34.1. The predicted molar refractivity (Wildman–Crippen MR) is 127 cm³/mol. The van der Waals surface area contributed by atoms with E-state index in [2.05, 4.69) is 20.5 Å². The molecule has 0 atom stereocenters. The molecule has 9 heteroatoms. The van der Waals surface area contributed by atoms with Crippen LogP contribution in [-0.2, 0) is 10.2 Å². The van der Waals surface area contributed by atoms with Crippen molar-refractivity contribution in [2.45, 2.75) is 43.9 Å². The number of halogens is 2. The van der Waals surface area contributed by atoms with Gasteiger partial charge in [0.05, 0.1) is 4.91 Å². The summed E-state index contributed by atoms with van der Waals surface area (Å²) in [6.07, 6.45) is 9.67. The lowest BCUT2D eigenvalue weighted by atomic mass is 9.50. The number of benzene rings is 1. The molecule has 1 amide bonds. The summed E-state index contributed by atoms with van der Waals surface area (Å²) in [7, 11) is 0. The molecule has 1 N–H and O–H groups in total. The number of thioether (sulfide) groups is 1. The zero-order chi connectivity index (χ0) is 21.2. The van der Waals surface area contributed by atoms with E-state index < -0.39 is 0 Å². The number of nitrogens with zero attached hydrogens (tertiary/aromatic N) is 3. The molecule has 5 nitrogen and oxygen atoms in total. The van der Waals surface area contributed by atoms with Gasteiger partial charge in [0.25, 0.3) is 5.91 Å². The molecule has 1 saturated heterocycles. The Labute approximate surface area is 198 Å². The first-order chi connectivity index (χ1) is 15.0. The first-order valence-electron chi connectivity index (χ1n) is 10.5. The largest absolute Gasteiger partial charge is 0.300 e. The summed E-state index contributed by atoms with van der Waals surface area (Å²) in [5, 5.41) is 15.0. The Morgan fingerprint density at radius 2 is 1.71 bits per heavy atom. The number of rotatable bonds is 3. The van der Waals surface area contributed by atoms with Crippen LogP contribution in [0.1, 0.15) is 49.1 Å². The third-order valence-electron chi connectivity index (χ3n) is 7.03. The standard InChI is InChI=1S/C22H20Cl2N4OS2/c23-15-2-1-3-16(24)14(15)7-17-18(29)25-20(30-17)26-21-28-27-19(31-21)22-8-11-4-12(9-22)6-13(5-11)10-22/h1-3,7,11-13H,4-6,8-10H2,(H,25,26,28,29)/b17-7+. The van der Waals surface area contributed by atoms with Crippen molar-refractivity contribution >= 4 is 68.6 Å². The zero-order valence-electron chi connectivity index (χ0n) is 16.6. The van der Waals surface area contributed by atoms with Crippen LogP contribution in [-0.4, -0.2) is 21.3 Å². The second-order valence-corrected chi connectivity index (χ2v) is 12.0. The summed E-state index contributed by atoms with van der Waals surface area (Å²) in [5.74, 6) is 2.36. The second kappa shape index (κ2) is 7.58. The van der Waals surface area contributed by atoms with E-state index in [-0.39, 0.29) is 11.3 Å². The number of hydrogen-bond acceptors (Lipinski definition) is 6. The Morgan fingerprint density at radius 1 is 1.06 bits per heavy atom. The average Bonchev–Trinajstić information content (AvgIpc) is 3.31. The number of carbonyl (C=O) groups is 1. The van der Waals surface area contributed by atoms with Crippen molar-refractivity contribution in [1.82, 2.24) is 15.5 Å². The Morgan fingerprint density at radius 3 is 2.35 bits per heavy atom. The Bertz CT molecular complexity index is 1090. The Balaban J connectivity index is 1.24. The lowest BCUT2D eigenvalue weighted by molar-refractivity contribution is -0.115. The summed E-state index contributed by atoms with van der Waals surface area (Å²) >= 11 is 15.3. The monoisotopic (exact) mass is 490 g/mol. The fraction of sp³-hybridized carbons (Fsp3) is 0.455. The number of hydrogen-bond donors (Lipinski definition) is 1. The molecule has 160 valence electrons. The lowest BCUT2D eigenvalue weighted by Crippen LogP contribution is -2.48. The van der Waals surface area contributed by atoms with Gasteiger partial charge in [-0.3, -0.25) is 4.79 Å². The number of amides is 1. The molecule has 5 aliphatic rings. The van der Waals surface area contributed by atoms with Gasteiger partial charge in [-0.05, 0) is 86.2 Å². The highest BCUT2D eigenvalue weighted by atomic mass is 35.5. The van der Waals surface area contributed by atoms with Crippen LogP contribution in [0.3, 0.4) is 0 Å². The molecule has 31 heavy (non-hydrogen) atoms. The minimum atomic E-state index is -0.217. The molecule has 0 radical (unpaired) electrons. The van der Waals surface area contributed by atoms with Crippen molar-refractivity contribution in [2.24, 2.45) is 22.7 Å². The van der Waals surface area contributed by atoms with Crippen molar-refractivity contribution in [3.05, 3.63) is 43.7 Å². The predicted octanol–water partition coefficient (Wildman–Crippen LogP) is 6.20. The number of carbonyl (C=O) groups excluding carboxylic acids is 1. The van der Waals surface area contributed by atoms with Gasteiger partial charge in [-0.1, -0.05) is 40.6 Å². The molecule has 7 rings (SSSR count). The van der Waals surface area contributed by atoms with Gasteiger partial charge in [-0.15, -0.1) is 10.2 Å². The maximum Gasteiger partial charge on any atom is 0.264 e. The van der Waals surface area contributed by atoms with Gasteiger partial charge in [-0.25, -0.2) is 0 Å². The van der Waals surface area contributed by atoms with Gasteiger partial charge >= 0.3 is 0 Å². The fourth-order valence-electron chi connectivity index (χ4n) is 6.19. The number of nitrogens with one attached hydrogen (secondary N) is 1. The average molecular weight is 491 g/mol. The van der Waals surface area contributed by atoms with Crippen LogP contribution in [0.25, 0.3) is 6.08 Å². The number of aliphatic imine (C=N–C) groups is 1. The molecule has 0 spiro atoms. The summed E-state index contributed by atoms with van der Waals surface area (Å²) in [6.45, 7) is 0. The molecule has 1 aliphatic heterocycles. The summed E-state index contributed by atoms with van der Waals surface area (Å²) in [5.41, 5.74) is 0.841. The summed E-state index contributed by atoms with van der Waals surface area (Å²) in [6, 6.07) is 5.28. The van der Waals surface area contributed by atoms with E-state index >= 15 is 0 Å². The van der Waals surface area contributed by atoms with Gasteiger partial charge in [0.1, 0.15) is 5.01 Å². The molecular formula is C22H20Cl2N4OS2. The highest BCUT2D eigenvalue weighted by Gasteiger charge is 2.53. The maximum atomic E-state index is 12.4. The van der Waals surface area contributed by atoms with E-state index in [1.807, 2.05) is 0 Å². The van der Waals surface area contributed by atoms with Gasteiger partial charge in [0, 0.05) is 21.0 Å². The first-order valence-corrected chi connectivity index (χ1v) is 12.9. The van der Waals surface area contributed by atoms with Crippen molar-refractivity contribution in [3.63, 3.8) is 0 Å². The molecule has 1 aromatic carbocycles. The maximum absolute atomic E-state index is 12.4. The highest BCUT2D eigenvalue weighted by molar-refractivity contribution is 8.18. The van der Waals surface area contributed by atoms with Crippen molar-refractivity contribution < 1.29 is 4.79 Å². The van der Waals surface area contributed by atoms with Crippen LogP contribution in [0.5, 0.6) is 0 Å². The van der Waals surface area contributed by atoms with E-state index in [9.17, 15) is 4.79 Å². The van der Waals surface area contributed by atoms with E-state index in [4.69, 9.17) is 23.2 Å². The van der Waals surface area contributed by atoms with E-state index in [0.29, 0.717) is 30.8 Å². The smallest absolute Gasteiger partial charge is 0.264 e. The highest BCUT2D eigenvalue weighted by Crippen LogP contribution is 2.61. The Hall–Kier alpha value is -1.41. The quantitative estimate of drug-likeness (QED) is 0.519. The van der Waals surface area contributed by atoms with Crippen LogP contribution in [0.2, 0.25) is 10.0 Å². The van der Waals surface area contributed by atoms with Gasteiger partial charge in [0.15, 0.2) is 5.17 Å². The molecule has 2 heterocycles. The van der Waals surface area contributed by atoms with E-state index in [0.717, 1.165) is 22.8 Å². The van der Waals surface area contributed by atoms with Crippen LogP contribution >= 0.6 is 46.3 Å². The van der Waals surface area contributed by atoms with Crippen molar-refractivity contribution in [3.8, 4) is 0 Å². The van der Waals surface area contributed by atoms with Gasteiger partial charge in [0.2, 0.25) is 5.13 Å². The summed E-state index contributed by atoms with van der Waals surface area (Å²) in [4.78, 5) is 17.5. The third-order valence-corrected chi connectivity index (χ3v) is 9.66. The molecule has 2 aromatic rings. The van der Waals surface area contributed by atoms with Crippen LogP contribution in [0.15, 0.2) is 28.1 Å². The SMILES string of the molecule is O=C1NC(=Nc2nnc(C34CC5CC(CC(C5)C3)C4)s2)S/C1=C/c1c(Cl)cccc1Cl.